The number of ether oxygens (including phenoxy) is 4. The minimum Gasteiger partial charge on any atom is -0.457 e. The molecule has 0 aromatic carbocycles. The highest BCUT2D eigenvalue weighted by molar-refractivity contribution is 5.69. The predicted octanol–water partition coefficient (Wildman–Crippen LogP) is 13.1. The van der Waals surface area contributed by atoms with Crippen LogP contribution in [0.3, 0.4) is 0 Å². The van der Waals surface area contributed by atoms with Crippen molar-refractivity contribution in [3.05, 3.63) is 97.2 Å². The minimum absolute atomic E-state index is 0.118. The third-order valence-electron chi connectivity index (χ3n) is 11.5. The van der Waals surface area contributed by atoms with Crippen LogP contribution >= 0.6 is 0 Å². The van der Waals surface area contributed by atoms with Crippen molar-refractivity contribution >= 4 is 5.97 Å². The van der Waals surface area contributed by atoms with Crippen LogP contribution < -0.4 is 0 Å². The largest absolute Gasteiger partial charge is 0.457 e. The molecular formula is C57H96O9. The first-order valence-corrected chi connectivity index (χ1v) is 26.3. The molecule has 0 aromatic heterocycles. The Labute approximate surface area is 402 Å². The molecule has 9 nitrogen and oxygen atoms in total. The molecule has 1 aliphatic heterocycles. The number of unbranched alkanes of at least 4 members (excludes halogenated alkanes) is 17. The number of aliphatic hydroxyl groups is 4. The lowest BCUT2D eigenvalue weighted by Crippen LogP contribution is -2.59. The zero-order chi connectivity index (χ0) is 47.8. The van der Waals surface area contributed by atoms with Crippen LogP contribution in [0.25, 0.3) is 0 Å². The van der Waals surface area contributed by atoms with E-state index in [2.05, 4.69) is 111 Å². The molecule has 1 saturated heterocycles. The Kier molecular flexibility index (Phi) is 43.7. The molecule has 4 N–H and O–H groups in total. The summed E-state index contributed by atoms with van der Waals surface area (Å²) in [4.78, 5) is 12.9. The van der Waals surface area contributed by atoms with Gasteiger partial charge in [0.2, 0.25) is 0 Å². The Morgan fingerprint density at radius 2 is 0.924 bits per heavy atom. The molecule has 66 heavy (non-hydrogen) atoms. The molecule has 1 aliphatic rings. The average molecular weight is 925 g/mol. The molecule has 6 unspecified atom stereocenters. The number of carbonyl (C=O) groups excluding carboxylic acids is 1. The van der Waals surface area contributed by atoms with Gasteiger partial charge in [-0.1, -0.05) is 188 Å². The van der Waals surface area contributed by atoms with Gasteiger partial charge in [-0.25, -0.2) is 0 Å². The van der Waals surface area contributed by atoms with Crippen molar-refractivity contribution in [2.24, 2.45) is 0 Å². The highest BCUT2D eigenvalue weighted by atomic mass is 16.7. The van der Waals surface area contributed by atoms with Crippen LogP contribution in [0.15, 0.2) is 97.2 Å². The number of hydrogen-bond donors (Lipinski definition) is 4. The van der Waals surface area contributed by atoms with Crippen molar-refractivity contribution in [2.45, 2.75) is 230 Å². The first kappa shape index (κ1) is 61.1. The molecular weight excluding hydrogens is 829 g/mol. The first-order chi connectivity index (χ1) is 32.4. The number of esters is 1. The number of aliphatic hydroxyl groups excluding tert-OH is 4. The lowest BCUT2D eigenvalue weighted by atomic mass is 9.99. The van der Waals surface area contributed by atoms with Crippen LogP contribution in [0.4, 0.5) is 0 Å². The quantitative estimate of drug-likeness (QED) is 0.0268. The molecule has 1 heterocycles. The fourth-order valence-corrected chi connectivity index (χ4v) is 7.41. The summed E-state index contributed by atoms with van der Waals surface area (Å²) in [6.45, 7) is 4.36. The second kappa shape index (κ2) is 47.2. The summed E-state index contributed by atoms with van der Waals surface area (Å²) >= 11 is 0. The standard InChI is InChI=1S/C57H96O9/c1-3-5-7-9-11-13-15-17-19-21-23-25-26-27-28-30-32-34-36-38-40-42-44-46-53(59)65-51(50-64-57-56(62)55(61)54(60)52(48-58)66-57)49-63-47-45-43-41-39-37-35-33-31-29-24-22-20-18-16-14-12-10-8-6-4-2/h6,8,12,14-15,17-18,20-21,23-24,26-27,29,33,35,51-52,54-58,60-62H,3-5,7,9-11,13,16,19,22,25,28,30-32,34,36-50H2,1-2H3/b8-6-,14-12-,17-15-,20-18-,23-21-,27-26-,29-24-,35-33-. The van der Waals surface area contributed by atoms with E-state index in [1.807, 2.05) is 0 Å². The molecule has 0 radical (unpaired) electrons. The highest BCUT2D eigenvalue weighted by Gasteiger charge is 2.44. The minimum atomic E-state index is -1.55. The maximum atomic E-state index is 12.9. The van der Waals surface area contributed by atoms with E-state index < -0.39 is 43.4 Å². The van der Waals surface area contributed by atoms with E-state index in [-0.39, 0.29) is 19.2 Å². The zero-order valence-corrected chi connectivity index (χ0v) is 41.7. The fraction of sp³-hybridized carbons (Fsp3) is 0.702. The van der Waals surface area contributed by atoms with E-state index in [4.69, 9.17) is 18.9 Å². The molecule has 6 atom stereocenters. The SMILES string of the molecule is CC/C=C\C/C=C\C/C=C\C/C=C\C/C=C\CCCCCCOCC(COC1OC(CO)C(O)C(O)C1O)OC(=O)CCCCCCCCCC/C=C\C/C=C\C/C=C\CCCCCCC. The molecule has 1 rings (SSSR count). The number of rotatable bonds is 44. The van der Waals surface area contributed by atoms with Crippen molar-refractivity contribution in [1.29, 1.82) is 0 Å². The number of allylic oxidation sites excluding steroid dienone is 16. The van der Waals surface area contributed by atoms with Gasteiger partial charge in [-0.15, -0.1) is 0 Å². The Bertz CT molecular complexity index is 1330. The molecule has 9 heteroatoms. The maximum Gasteiger partial charge on any atom is 0.306 e. The zero-order valence-electron chi connectivity index (χ0n) is 41.7. The van der Waals surface area contributed by atoms with Gasteiger partial charge < -0.3 is 39.4 Å². The second-order valence-corrected chi connectivity index (χ2v) is 17.6. The predicted molar refractivity (Wildman–Crippen MR) is 274 cm³/mol. The van der Waals surface area contributed by atoms with Crippen molar-refractivity contribution in [3.63, 3.8) is 0 Å². The Morgan fingerprint density at radius 1 is 0.500 bits per heavy atom. The molecule has 0 bridgehead atoms. The normalized spacial score (nSPS) is 20.1. The summed E-state index contributed by atoms with van der Waals surface area (Å²) in [5.74, 6) is -0.333. The van der Waals surface area contributed by atoms with Gasteiger partial charge in [-0.2, -0.15) is 0 Å². The molecule has 0 amide bonds. The van der Waals surface area contributed by atoms with E-state index in [1.165, 1.54) is 64.2 Å². The van der Waals surface area contributed by atoms with Crippen molar-refractivity contribution in [3.8, 4) is 0 Å². The Balaban J connectivity index is 2.24. The highest BCUT2D eigenvalue weighted by Crippen LogP contribution is 2.22. The Hall–Kier alpha value is -2.89. The lowest BCUT2D eigenvalue weighted by Gasteiger charge is -2.39. The summed E-state index contributed by atoms with van der Waals surface area (Å²) in [6.07, 6.45) is 58.6. The molecule has 0 aliphatic carbocycles. The van der Waals surface area contributed by atoms with Gasteiger partial charge in [-0.05, 0) is 96.3 Å². The summed E-state index contributed by atoms with van der Waals surface area (Å²) in [5, 5.41) is 40.3. The van der Waals surface area contributed by atoms with Gasteiger partial charge in [0.05, 0.1) is 19.8 Å². The second-order valence-electron chi connectivity index (χ2n) is 17.6. The van der Waals surface area contributed by atoms with Crippen molar-refractivity contribution in [1.82, 2.24) is 0 Å². The van der Waals surface area contributed by atoms with Gasteiger partial charge in [0.25, 0.3) is 0 Å². The van der Waals surface area contributed by atoms with E-state index in [0.29, 0.717) is 13.0 Å². The van der Waals surface area contributed by atoms with Gasteiger partial charge in [0.15, 0.2) is 6.29 Å². The fourth-order valence-electron chi connectivity index (χ4n) is 7.41. The van der Waals surface area contributed by atoms with Gasteiger partial charge in [-0.3, -0.25) is 4.79 Å². The van der Waals surface area contributed by atoms with E-state index in [1.54, 1.807) is 0 Å². The topological polar surface area (TPSA) is 135 Å². The van der Waals surface area contributed by atoms with Crippen LogP contribution in [0.2, 0.25) is 0 Å². The van der Waals surface area contributed by atoms with Gasteiger partial charge in [0.1, 0.15) is 30.5 Å². The lowest BCUT2D eigenvalue weighted by molar-refractivity contribution is -0.305. The Morgan fingerprint density at radius 3 is 1.39 bits per heavy atom. The van der Waals surface area contributed by atoms with Crippen molar-refractivity contribution < 1.29 is 44.2 Å². The monoisotopic (exact) mass is 925 g/mol. The van der Waals surface area contributed by atoms with Crippen molar-refractivity contribution in [2.75, 3.05) is 26.4 Å². The summed E-state index contributed by atoms with van der Waals surface area (Å²) < 4.78 is 22.9. The number of carbonyl (C=O) groups is 1. The van der Waals surface area contributed by atoms with Gasteiger partial charge in [0, 0.05) is 13.0 Å². The molecule has 0 saturated carbocycles. The third-order valence-corrected chi connectivity index (χ3v) is 11.5. The van der Waals surface area contributed by atoms with Crippen LogP contribution in [-0.2, 0) is 23.7 Å². The van der Waals surface area contributed by atoms with E-state index >= 15 is 0 Å². The van der Waals surface area contributed by atoms with Crippen LogP contribution in [0.5, 0.6) is 0 Å². The van der Waals surface area contributed by atoms with E-state index in [0.717, 1.165) is 109 Å². The first-order valence-electron chi connectivity index (χ1n) is 26.3. The van der Waals surface area contributed by atoms with E-state index in [9.17, 15) is 25.2 Å². The third kappa shape index (κ3) is 37.1. The summed E-state index contributed by atoms with van der Waals surface area (Å²) in [6, 6.07) is 0. The average Bonchev–Trinajstić information content (AvgIpc) is 3.32. The summed E-state index contributed by atoms with van der Waals surface area (Å²) in [7, 11) is 0. The maximum absolute atomic E-state index is 12.9. The summed E-state index contributed by atoms with van der Waals surface area (Å²) in [5.41, 5.74) is 0. The van der Waals surface area contributed by atoms with Crippen LogP contribution in [-0.4, -0.2) is 89.6 Å². The van der Waals surface area contributed by atoms with Crippen LogP contribution in [0.1, 0.15) is 194 Å². The molecule has 0 spiro atoms. The van der Waals surface area contributed by atoms with Crippen LogP contribution in [0, 0.1) is 0 Å². The number of hydrogen-bond acceptors (Lipinski definition) is 9. The molecule has 0 aromatic rings. The molecule has 378 valence electrons. The van der Waals surface area contributed by atoms with Gasteiger partial charge >= 0.3 is 5.97 Å². The molecule has 1 fully saturated rings. The smallest absolute Gasteiger partial charge is 0.306 e.